The normalized spacial score (nSPS) is 11.3. The molecule has 0 N–H and O–H groups in total. The summed E-state index contributed by atoms with van der Waals surface area (Å²) in [5.74, 6) is 0. The van der Waals surface area contributed by atoms with Gasteiger partial charge in [0, 0.05) is 31.9 Å². The Morgan fingerprint density at radius 1 is 0.826 bits per heavy atom. The van der Waals surface area contributed by atoms with Gasteiger partial charge in [-0.2, -0.15) is 0 Å². The SMILES string of the molecule is CC[n+]1ccc(/C=C/c2ccc3cc(N(C)C)ccc3c2)cc1. The standard InChI is InChI=1S/C21H23N2/c1-4-23-13-11-17(12-14-23)5-6-18-7-8-20-16-21(22(2)3)10-9-19(20)15-18/h5-16H,4H2,1-3H3/q+1. The maximum Gasteiger partial charge on any atom is 0.169 e. The van der Waals surface area contributed by atoms with E-state index in [1.807, 2.05) is 0 Å². The smallest absolute Gasteiger partial charge is 0.169 e. The highest BCUT2D eigenvalue weighted by atomic mass is 15.1. The molecule has 0 aliphatic heterocycles. The number of aromatic nitrogens is 1. The van der Waals surface area contributed by atoms with E-state index in [4.69, 9.17) is 0 Å². The molecule has 0 amide bonds. The lowest BCUT2D eigenvalue weighted by atomic mass is 10.1. The number of nitrogens with zero attached hydrogens (tertiary/aromatic N) is 2. The van der Waals surface area contributed by atoms with E-state index in [1.54, 1.807) is 0 Å². The number of hydrogen-bond acceptors (Lipinski definition) is 1. The summed E-state index contributed by atoms with van der Waals surface area (Å²) < 4.78 is 2.16. The predicted octanol–water partition coefficient (Wildman–Crippen LogP) is 4.38. The van der Waals surface area contributed by atoms with Gasteiger partial charge < -0.3 is 4.90 Å². The largest absolute Gasteiger partial charge is 0.378 e. The van der Waals surface area contributed by atoms with Crippen molar-refractivity contribution in [2.24, 2.45) is 0 Å². The molecule has 116 valence electrons. The van der Waals surface area contributed by atoms with Gasteiger partial charge in [-0.3, -0.25) is 0 Å². The first kappa shape index (κ1) is 15.3. The quantitative estimate of drug-likeness (QED) is 0.649. The molecule has 0 fully saturated rings. The lowest BCUT2D eigenvalue weighted by Crippen LogP contribution is -2.30. The summed E-state index contributed by atoms with van der Waals surface area (Å²) in [6.07, 6.45) is 8.56. The lowest BCUT2D eigenvalue weighted by Gasteiger charge is -2.13. The number of hydrogen-bond donors (Lipinski definition) is 0. The summed E-state index contributed by atoms with van der Waals surface area (Å²) in [6.45, 7) is 3.15. The number of pyridine rings is 1. The minimum atomic E-state index is 1.00. The number of anilines is 1. The summed E-state index contributed by atoms with van der Waals surface area (Å²) >= 11 is 0. The molecule has 3 aromatic rings. The second-order valence-corrected chi connectivity index (χ2v) is 5.98. The molecule has 23 heavy (non-hydrogen) atoms. The van der Waals surface area contributed by atoms with Crippen LogP contribution in [0.25, 0.3) is 22.9 Å². The molecule has 0 saturated heterocycles. The van der Waals surface area contributed by atoms with E-state index < -0.39 is 0 Å². The molecule has 2 heteroatoms. The molecule has 0 spiro atoms. The minimum absolute atomic E-state index is 1.00. The number of aryl methyl sites for hydroxylation is 1. The zero-order chi connectivity index (χ0) is 16.2. The van der Waals surface area contributed by atoms with Crippen molar-refractivity contribution in [1.82, 2.24) is 0 Å². The predicted molar refractivity (Wildman–Crippen MR) is 99.5 cm³/mol. The van der Waals surface area contributed by atoms with Crippen molar-refractivity contribution in [2.45, 2.75) is 13.5 Å². The van der Waals surface area contributed by atoms with Crippen LogP contribution in [0.5, 0.6) is 0 Å². The molecule has 0 aliphatic rings. The van der Waals surface area contributed by atoms with Gasteiger partial charge in [0.2, 0.25) is 0 Å². The molecular formula is C21H23N2+. The van der Waals surface area contributed by atoms with Crippen LogP contribution in [-0.4, -0.2) is 14.1 Å². The van der Waals surface area contributed by atoms with E-state index in [1.165, 1.54) is 27.6 Å². The summed E-state index contributed by atoms with van der Waals surface area (Å²) in [6, 6.07) is 17.5. The first-order chi connectivity index (χ1) is 11.2. The summed E-state index contributed by atoms with van der Waals surface area (Å²) in [5.41, 5.74) is 3.68. The topological polar surface area (TPSA) is 7.12 Å². The van der Waals surface area contributed by atoms with Gasteiger partial charge in [-0.1, -0.05) is 30.4 Å². The monoisotopic (exact) mass is 303 g/mol. The Hall–Kier alpha value is -2.61. The van der Waals surface area contributed by atoms with Crippen LogP contribution in [0.15, 0.2) is 60.9 Å². The second kappa shape index (κ2) is 6.66. The Morgan fingerprint density at radius 2 is 1.48 bits per heavy atom. The van der Waals surface area contributed by atoms with Gasteiger partial charge in [0.25, 0.3) is 0 Å². The zero-order valence-electron chi connectivity index (χ0n) is 14.0. The van der Waals surface area contributed by atoms with Gasteiger partial charge in [-0.05, 0) is 47.0 Å². The molecule has 3 rings (SSSR count). The van der Waals surface area contributed by atoms with Gasteiger partial charge >= 0.3 is 0 Å². The third kappa shape index (κ3) is 3.59. The third-order valence-electron chi connectivity index (χ3n) is 4.11. The number of benzene rings is 2. The fraction of sp³-hybridized carbons (Fsp3) is 0.190. The van der Waals surface area contributed by atoms with Gasteiger partial charge in [-0.15, -0.1) is 0 Å². The molecule has 1 aromatic heterocycles. The first-order valence-electron chi connectivity index (χ1n) is 8.04. The van der Waals surface area contributed by atoms with Crippen molar-refractivity contribution in [1.29, 1.82) is 0 Å². The fourth-order valence-corrected chi connectivity index (χ4v) is 2.62. The molecule has 1 heterocycles. The molecule has 0 unspecified atom stereocenters. The maximum absolute atomic E-state index is 2.24. The van der Waals surface area contributed by atoms with E-state index in [-0.39, 0.29) is 0 Å². The van der Waals surface area contributed by atoms with Crippen molar-refractivity contribution in [3.05, 3.63) is 72.1 Å². The van der Waals surface area contributed by atoms with Crippen molar-refractivity contribution < 1.29 is 4.57 Å². The molecule has 2 nitrogen and oxygen atoms in total. The van der Waals surface area contributed by atoms with Crippen LogP contribution in [0.2, 0.25) is 0 Å². The molecule has 0 bridgehead atoms. The summed E-state index contributed by atoms with van der Waals surface area (Å²) in [5, 5.41) is 2.55. The summed E-state index contributed by atoms with van der Waals surface area (Å²) in [7, 11) is 4.14. The van der Waals surface area contributed by atoms with Gasteiger partial charge in [-0.25, -0.2) is 4.57 Å². The average Bonchev–Trinajstić information content (AvgIpc) is 2.59. The Labute approximate surface area is 138 Å². The lowest BCUT2D eigenvalue weighted by molar-refractivity contribution is -0.693. The zero-order valence-corrected chi connectivity index (χ0v) is 14.0. The van der Waals surface area contributed by atoms with Crippen LogP contribution in [0, 0.1) is 0 Å². The molecule has 0 aliphatic carbocycles. The van der Waals surface area contributed by atoms with Crippen molar-refractivity contribution in [2.75, 3.05) is 19.0 Å². The minimum Gasteiger partial charge on any atom is -0.378 e. The second-order valence-electron chi connectivity index (χ2n) is 5.98. The van der Waals surface area contributed by atoms with Crippen LogP contribution in [0.1, 0.15) is 18.1 Å². The van der Waals surface area contributed by atoms with Crippen LogP contribution in [-0.2, 0) is 6.54 Å². The number of fused-ring (bicyclic) bond motifs is 1. The Morgan fingerprint density at radius 3 is 2.17 bits per heavy atom. The highest BCUT2D eigenvalue weighted by Gasteiger charge is 1.99. The van der Waals surface area contributed by atoms with Crippen LogP contribution >= 0.6 is 0 Å². The molecule has 0 radical (unpaired) electrons. The Kier molecular flexibility index (Phi) is 4.42. The maximum atomic E-state index is 2.24. The Bertz CT molecular complexity index is 830. The summed E-state index contributed by atoms with van der Waals surface area (Å²) in [4.78, 5) is 2.13. The first-order valence-corrected chi connectivity index (χ1v) is 8.04. The van der Waals surface area contributed by atoms with Crippen molar-refractivity contribution in [3.63, 3.8) is 0 Å². The highest BCUT2D eigenvalue weighted by molar-refractivity contribution is 5.88. The van der Waals surface area contributed by atoms with Gasteiger partial charge in [0.05, 0.1) is 0 Å². The van der Waals surface area contributed by atoms with E-state index >= 15 is 0 Å². The molecular weight excluding hydrogens is 280 g/mol. The molecule has 0 saturated carbocycles. The van der Waals surface area contributed by atoms with Crippen molar-refractivity contribution >= 4 is 28.6 Å². The molecule has 2 aromatic carbocycles. The van der Waals surface area contributed by atoms with Crippen LogP contribution in [0.4, 0.5) is 5.69 Å². The fourth-order valence-electron chi connectivity index (χ4n) is 2.62. The van der Waals surface area contributed by atoms with Gasteiger partial charge in [0.15, 0.2) is 12.4 Å². The third-order valence-corrected chi connectivity index (χ3v) is 4.11. The van der Waals surface area contributed by atoms with E-state index in [0.717, 1.165) is 6.54 Å². The van der Waals surface area contributed by atoms with Crippen molar-refractivity contribution in [3.8, 4) is 0 Å². The van der Waals surface area contributed by atoms with Crippen LogP contribution < -0.4 is 9.47 Å². The average molecular weight is 303 g/mol. The highest BCUT2D eigenvalue weighted by Crippen LogP contribution is 2.22. The van der Waals surface area contributed by atoms with E-state index in [2.05, 4.69) is 104 Å². The van der Waals surface area contributed by atoms with E-state index in [9.17, 15) is 0 Å². The van der Waals surface area contributed by atoms with Crippen LogP contribution in [0.3, 0.4) is 0 Å². The number of rotatable bonds is 4. The Balaban J connectivity index is 1.85. The van der Waals surface area contributed by atoms with Gasteiger partial charge in [0.1, 0.15) is 6.54 Å². The molecule has 0 atom stereocenters. The van der Waals surface area contributed by atoms with E-state index in [0.29, 0.717) is 0 Å².